The third kappa shape index (κ3) is 2.13. The van der Waals surface area contributed by atoms with Gasteiger partial charge in [-0.05, 0) is 42.7 Å². The zero-order valence-corrected chi connectivity index (χ0v) is 11.8. The van der Waals surface area contributed by atoms with Crippen molar-refractivity contribution in [1.29, 1.82) is 0 Å². The molecule has 0 unspecified atom stereocenters. The van der Waals surface area contributed by atoms with Crippen LogP contribution in [-0.4, -0.2) is 9.97 Å². The first-order valence-corrected chi connectivity index (χ1v) is 6.81. The van der Waals surface area contributed by atoms with Gasteiger partial charge in [0.25, 0.3) is 0 Å². The number of benzene rings is 2. The topological polar surface area (TPSA) is 28.7 Å². The van der Waals surface area contributed by atoms with Crippen molar-refractivity contribution in [2.45, 2.75) is 20.3 Å². The molecule has 0 amide bonds. The van der Waals surface area contributed by atoms with E-state index < -0.39 is 0 Å². The lowest BCUT2D eigenvalue weighted by atomic mass is 10.1. The van der Waals surface area contributed by atoms with E-state index in [4.69, 9.17) is 11.6 Å². The van der Waals surface area contributed by atoms with Crippen LogP contribution in [0.25, 0.3) is 22.4 Å². The Morgan fingerprint density at radius 3 is 2.84 bits per heavy atom. The molecule has 1 N–H and O–H groups in total. The second-order valence-electron chi connectivity index (χ2n) is 4.70. The maximum atomic E-state index is 6.17. The Morgan fingerprint density at radius 1 is 1.21 bits per heavy atom. The molecular weight excluding hydrogens is 256 g/mol. The number of H-pyrrole nitrogens is 1. The number of nitrogens with zero attached hydrogens (tertiary/aromatic N) is 1. The van der Waals surface area contributed by atoms with Crippen LogP contribution in [0, 0.1) is 6.92 Å². The summed E-state index contributed by atoms with van der Waals surface area (Å²) in [5.74, 6) is 0.878. The van der Waals surface area contributed by atoms with Gasteiger partial charge in [-0.25, -0.2) is 4.98 Å². The van der Waals surface area contributed by atoms with Crippen LogP contribution in [0.15, 0.2) is 36.4 Å². The SMILES string of the molecule is CCc1ccc2nc(-c3cccc(Cl)c3C)[nH]c2c1. The van der Waals surface area contributed by atoms with E-state index in [1.807, 2.05) is 25.1 Å². The first-order valence-electron chi connectivity index (χ1n) is 6.43. The van der Waals surface area contributed by atoms with Crippen LogP contribution in [0.1, 0.15) is 18.1 Å². The van der Waals surface area contributed by atoms with Gasteiger partial charge in [0.15, 0.2) is 0 Å². The van der Waals surface area contributed by atoms with Gasteiger partial charge in [0.1, 0.15) is 5.82 Å². The number of aromatic nitrogens is 2. The first-order chi connectivity index (χ1) is 9.19. The molecule has 1 aromatic heterocycles. The smallest absolute Gasteiger partial charge is 0.138 e. The molecule has 0 atom stereocenters. The molecule has 0 aliphatic carbocycles. The van der Waals surface area contributed by atoms with Crippen molar-refractivity contribution in [3.8, 4) is 11.4 Å². The highest BCUT2D eigenvalue weighted by atomic mass is 35.5. The van der Waals surface area contributed by atoms with Gasteiger partial charge in [-0.15, -0.1) is 0 Å². The molecule has 3 rings (SSSR count). The fraction of sp³-hybridized carbons (Fsp3) is 0.188. The van der Waals surface area contributed by atoms with E-state index in [0.717, 1.165) is 39.4 Å². The number of aromatic amines is 1. The maximum absolute atomic E-state index is 6.17. The van der Waals surface area contributed by atoms with Crippen LogP contribution in [0.5, 0.6) is 0 Å². The lowest BCUT2D eigenvalue weighted by Crippen LogP contribution is -1.85. The summed E-state index contributed by atoms with van der Waals surface area (Å²) in [6, 6.07) is 12.2. The largest absolute Gasteiger partial charge is 0.338 e. The second-order valence-corrected chi connectivity index (χ2v) is 5.11. The predicted molar refractivity (Wildman–Crippen MR) is 80.7 cm³/mol. The average molecular weight is 271 g/mol. The summed E-state index contributed by atoms with van der Waals surface area (Å²) in [6.45, 7) is 4.17. The predicted octanol–water partition coefficient (Wildman–Crippen LogP) is 4.75. The third-order valence-corrected chi connectivity index (χ3v) is 3.89. The van der Waals surface area contributed by atoms with Gasteiger partial charge in [0.05, 0.1) is 11.0 Å². The minimum atomic E-state index is 0.771. The Kier molecular flexibility index (Phi) is 3.03. The summed E-state index contributed by atoms with van der Waals surface area (Å²) in [6.07, 6.45) is 1.03. The van der Waals surface area contributed by atoms with Crippen LogP contribution >= 0.6 is 11.6 Å². The van der Waals surface area contributed by atoms with Crippen molar-refractivity contribution in [2.24, 2.45) is 0 Å². The maximum Gasteiger partial charge on any atom is 0.138 e. The van der Waals surface area contributed by atoms with Crippen LogP contribution in [0.4, 0.5) is 0 Å². The van der Waals surface area contributed by atoms with Crippen molar-refractivity contribution >= 4 is 22.6 Å². The Bertz CT molecular complexity index is 744. The van der Waals surface area contributed by atoms with Crippen LogP contribution < -0.4 is 0 Å². The van der Waals surface area contributed by atoms with Gasteiger partial charge in [-0.1, -0.05) is 36.7 Å². The van der Waals surface area contributed by atoms with Gasteiger partial charge < -0.3 is 4.98 Å². The number of fused-ring (bicyclic) bond motifs is 1. The average Bonchev–Trinajstić information content (AvgIpc) is 2.84. The standard InChI is InChI=1S/C16H15ClN2/c1-3-11-7-8-14-15(9-11)19-16(18-14)12-5-4-6-13(17)10(12)2/h4-9H,3H2,1-2H3,(H,18,19). The third-order valence-electron chi connectivity index (χ3n) is 3.48. The zero-order chi connectivity index (χ0) is 13.4. The van der Waals surface area contributed by atoms with Gasteiger partial charge in [0, 0.05) is 10.6 Å². The van der Waals surface area contributed by atoms with Gasteiger partial charge in [-0.2, -0.15) is 0 Å². The van der Waals surface area contributed by atoms with E-state index in [1.54, 1.807) is 0 Å². The molecule has 0 fully saturated rings. The number of hydrogen-bond acceptors (Lipinski definition) is 1. The lowest BCUT2D eigenvalue weighted by molar-refractivity contribution is 1.14. The van der Waals surface area contributed by atoms with Crippen molar-refractivity contribution in [3.05, 3.63) is 52.5 Å². The molecule has 0 saturated carbocycles. The van der Waals surface area contributed by atoms with Crippen LogP contribution in [-0.2, 0) is 6.42 Å². The molecule has 96 valence electrons. The summed E-state index contributed by atoms with van der Waals surface area (Å²) in [5.41, 5.74) is 5.49. The van der Waals surface area contributed by atoms with E-state index in [-0.39, 0.29) is 0 Å². The van der Waals surface area contributed by atoms with E-state index in [2.05, 4.69) is 35.1 Å². The summed E-state index contributed by atoms with van der Waals surface area (Å²) in [7, 11) is 0. The molecule has 0 aliphatic rings. The van der Waals surface area contributed by atoms with Gasteiger partial charge >= 0.3 is 0 Å². The van der Waals surface area contributed by atoms with Crippen LogP contribution in [0.3, 0.4) is 0 Å². The fourth-order valence-electron chi connectivity index (χ4n) is 2.27. The first kappa shape index (κ1) is 12.2. The van der Waals surface area contributed by atoms with Gasteiger partial charge in [-0.3, -0.25) is 0 Å². The second kappa shape index (κ2) is 4.71. The molecule has 3 aromatic rings. The lowest BCUT2D eigenvalue weighted by Gasteiger charge is -2.03. The molecule has 3 heteroatoms. The number of hydrogen-bond donors (Lipinski definition) is 1. The summed E-state index contributed by atoms with van der Waals surface area (Å²) >= 11 is 6.17. The Morgan fingerprint density at radius 2 is 2.05 bits per heavy atom. The highest BCUT2D eigenvalue weighted by molar-refractivity contribution is 6.31. The molecule has 0 bridgehead atoms. The molecule has 2 aromatic carbocycles. The van der Waals surface area contributed by atoms with E-state index in [9.17, 15) is 0 Å². The molecule has 0 aliphatic heterocycles. The molecule has 19 heavy (non-hydrogen) atoms. The fourth-order valence-corrected chi connectivity index (χ4v) is 2.44. The van der Waals surface area contributed by atoms with E-state index in [0.29, 0.717) is 0 Å². The van der Waals surface area contributed by atoms with Crippen molar-refractivity contribution in [3.63, 3.8) is 0 Å². The quantitative estimate of drug-likeness (QED) is 0.715. The monoisotopic (exact) mass is 270 g/mol. The Balaban J connectivity index is 2.18. The molecule has 0 spiro atoms. The summed E-state index contributed by atoms with van der Waals surface area (Å²) in [4.78, 5) is 8.03. The molecule has 0 radical (unpaired) electrons. The van der Waals surface area contributed by atoms with Crippen molar-refractivity contribution < 1.29 is 0 Å². The number of aryl methyl sites for hydroxylation is 1. The Labute approximate surface area is 117 Å². The minimum absolute atomic E-state index is 0.771. The van der Waals surface area contributed by atoms with Crippen molar-refractivity contribution in [2.75, 3.05) is 0 Å². The van der Waals surface area contributed by atoms with E-state index >= 15 is 0 Å². The number of imidazole rings is 1. The summed E-state index contributed by atoms with van der Waals surface area (Å²) in [5, 5.41) is 0.771. The highest BCUT2D eigenvalue weighted by Gasteiger charge is 2.09. The highest BCUT2D eigenvalue weighted by Crippen LogP contribution is 2.28. The van der Waals surface area contributed by atoms with Crippen molar-refractivity contribution in [1.82, 2.24) is 9.97 Å². The Hall–Kier alpha value is -1.80. The minimum Gasteiger partial charge on any atom is -0.338 e. The summed E-state index contributed by atoms with van der Waals surface area (Å²) < 4.78 is 0. The normalized spacial score (nSPS) is 11.1. The molecular formula is C16H15ClN2. The zero-order valence-electron chi connectivity index (χ0n) is 11.0. The van der Waals surface area contributed by atoms with Gasteiger partial charge in [0.2, 0.25) is 0 Å². The number of halogens is 1. The number of nitrogens with one attached hydrogen (secondary N) is 1. The van der Waals surface area contributed by atoms with E-state index in [1.165, 1.54) is 5.56 Å². The number of rotatable bonds is 2. The molecule has 2 nitrogen and oxygen atoms in total. The van der Waals surface area contributed by atoms with Crippen LogP contribution in [0.2, 0.25) is 5.02 Å². The molecule has 1 heterocycles. The molecule has 0 saturated heterocycles.